The lowest BCUT2D eigenvalue weighted by atomic mass is 9.87. The zero-order valence-corrected chi connectivity index (χ0v) is 14.5. The van der Waals surface area contributed by atoms with E-state index in [-0.39, 0.29) is 0 Å². The van der Waals surface area contributed by atoms with E-state index in [4.69, 9.17) is 11.6 Å². The number of nitrogens with one attached hydrogen (secondary N) is 1. The van der Waals surface area contributed by atoms with Crippen LogP contribution in [-0.4, -0.2) is 42.6 Å². The van der Waals surface area contributed by atoms with Gasteiger partial charge >= 0.3 is 0 Å². The van der Waals surface area contributed by atoms with E-state index in [0.29, 0.717) is 16.3 Å². The molecule has 1 aromatic rings. The van der Waals surface area contributed by atoms with E-state index in [9.17, 15) is 5.11 Å². The molecule has 1 fully saturated rings. The molecule has 1 aliphatic heterocycles. The molecule has 4 nitrogen and oxygen atoms in total. The van der Waals surface area contributed by atoms with Crippen LogP contribution in [0.2, 0.25) is 4.34 Å². The van der Waals surface area contributed by atoms with Crippen molar-refractivity contribution in [3.63, 3.8) is 0 Å². The summed E-state index contributed by atoms with van der Waals surface area (Å²) in [6, 6.07) is 3.68. The fraction of sp³-hybridized carbons (Fsp3) is 0.667. The number of aliphatic hydroxyl groups is 1. The second kappa shape index (κ2) is 6.99. The second-order valence-corrected chi connectivity index (χ2v) is 7.67. The lowest BCUT2D eigenvalue weighted by Crippen LogP contribution is -2.42. The molecule has 6 heteroatoms. The number of halogens is 1. The van der Waals surface area contributed by atoms with Crippen molar-refractivity contribution in [2.75, 3.05) is 26.7 Å². The zero-order chi connectivity index (χ0) is 15.5. The van der Waals surface area contributed by atoms with Gasteiger partial charge in [-0.1, -0.05) is 25.4 Å². The first-order valence-electron chi connectivity index (χ1n) is 7.36. The third-order valence-corrected chi connectivity index (χ3v) is 5.63. The number of nitrogens with zero attached hydrogens (tertiary/aromatic N) is 2. The van der Waals surface area contributed by atoms with Crippen molar-refractivity contribution in [3.05, 3.63) is 21.3 Å². The van der Waals surface area contributed by atoms with E-state index >= 15 is 0 Å². The number of guanidine groups is 1. The van der Waals surface area contributed by atoms with E-state index in [1.807, 2.05) is 12.1 Å². The van der Waals surface area contributed by atoms with Crippen LogP contribution in [0.25, 0.3) is 0 Å². The monoisotopic (exact) mass is 329 g/mol. The summed E-state index contributed by atoms with van der Waals surface area (Å²) in [4.78, 5) is 7.49. The summed E-state index contributed by atoms with van der Waals surface area (Å²) in [6.45, 7) is 7.05. The first-order valence-corrected chi connectivity index (χ1v) is 8.56. The Morgan fingerprint density at radius 1 is 1.62 bits per heavy atom. The molecular weight excluding hydrogens is 306 g/mol. The highest BCUT2D eigenvalue weighted by molar-refractivity contribution is 7.16. The smallest absolute Gasteiger partial charge is 0.193 e. The molecule has 1 saturated heterocycles. The fourth-order valence-electron chi connectivity index (χ4n) is 2.62. The average molecular weight is 330 g/mol. The van der Waals surface area contributed by atoms with Gasteiger partial charge in [0.15, 0.2) is 5.96 Å². The summed E-state index contributed by atoms with van der Waals surface area (Å²) in [5.74, 6) is 0.869. The molecule has 1 aromatic heterocycles. The topological polar surface area (TPSA) is 47.9 Å². The molecule has 2 rings (SSSR count). The van der Waals surface area contributed by atoms with Crippen LogP contribution in [0, 0.1) is 5.41 Å². The van der Waals surface area contributed by atoms with E-state index in [1.54, 1.807) is 7.05 Å². The number of likely N-dealkylation sites (tertiary alicyclic amines) is 1. The maximum absolute atomic E-state index is 10.2. The van der Waals surface area contributed by atoms with Gasteiger partial charge in [0, 0.05) is 31.6 Å². The molecule has 118 valence electrons. The van der Waals surface area contributed by atoms with Gasteiger partial charge < -0.3 is 15.3 Å². The maximum Gasteiger partial charge on any atom is 0.193 e. The van der Waals surface area contributed by atoms with Crippen molar-refractivity contribution in [3.8, 4) is 0 Å². The second-order valence-electron chi connectivity index (χ2n) is 5.92. The SMILES string of the molecule is CCC1(C)CCN(C(=NC)NCC(O)c2ccc(Cl)s2)C1. The molecule has 2 atom stereocenters. The first-order chi connectivity index (χ1) is 9.97. The van der Waals surface area contributed by atoms with Crippen LogP contribution in [0.1, 0.15) is 37.7 Å². The largest absolute Gasteiger partial charge is 0.386 e. The Hall–Kier alpha value is -0.780. The minimum atomic E-state index is -0.556. The third kappa shape index (κ3) is 4.11. The van der Waals surface area contributed by atoms with Crippen LogP contribution in [0.15, 0.2) is 17.1 Å². The van der Waals surface area contributed by atoms with Gasteiger partial charge in [0.05, 0.1) is 4.34 Å². The van der Waals surface area contributed by atoms with E-state index in [0.717, 1.165) is 23.9 Å². The van der Waals surface area contributed by atoms with Gasteiger partial charge in [0.1, 0.15) is 6.10 Å². The molecule has 2 N–H and O–H groups in total. The number of aliphatic imine (C=N–C) groups is 1. The van der Waals surface area contributed by atoms with Crippen LogP contribution in [0.4, 0.5) is 0 Å². The van der Waals surface area contributed by atoms with Gasteiger partial charge in [0.25, 0.3) is 0 Å². The third-order valence-electron chi connectivity index (χ3n) is 4.30. The van der Waals surface area contributed by atoms with E-state index in [2.05, 4.69) is 29.1 Å². The summed E-state index contributed by atoms with van der Waals surface area (Å²) in [7, 11) is 1.79. The Labute approximate surface area is 135 Å². The summed E-state index contributed by atoms with van der Waals surface area (Å²) in [6.07, 6.45) is 1.81. The minimum Gasteiger partial charge on any atom is -0.386 e. The lowest BCUT2D eigenvalue weighted by Gasteiger charge is -2.26. The summed E-state index contributed by atoms with van der Waals surface area (Å²) in [5.41, 5.74) is 0.373. The molecule has 0 aromatic carbocycles. The molecule has 21 heavy (non-hydrogen) atoms. The summed E-state index contributed by atoms with van der Waals surface area (Å²) < 4.78 is 0.701. The Kier molecular flexibility index (Phi) is 5.52. The van der Waals surface area contributed by atoms with Crippen LogP contribution < -0.4 is 5.32 Å². The van der Waals surface area contributed by atoms with E-state index in [1.165, 1.54) is 24.2 Å². The summed E-state index contributed by atoms with van der Waals surface area (Å²) in [5, 5.41) is 13.5. The minimum absolute atomic E-state index is 0.373. The lowest BCUT2D eigenvalue weighted by molar-refractivity contribution is 0.183. The van der Waals surface area contributed by atoms with Crippen LogP contribution >= 0.6 is 22.9 Å². The van der Waals surface area contributed by atoms with Crippen LogP contribution in [-0.2, 0) is 0 Å². The van der Waals surface area contributed by atoms with Gasteiger partial charge in [-0.3, -0.25) is 4.99 Å². The number of thiophene rings is 1. The van der Waals surface area contributed by atoms with Crippen LogP contribution in [0.3, 0.4) is 0 Å². The predicted octanol–water partition coefficient (Wildman–Crippen LogP) is 3.13. The number of rotatable bonds is 4. The first kappa shape index (κ1) is 16.6. The Morgan fingerprint density at radius 2 is 2.38 bits per heavy atom. The van der Waals surface area contributed by atoms with Crippen LogP contribution in [0.5, 0.6) is 0 Å². The van der Waals surface area contributed by atoms with Gasteiger partial charge in [-0.05, 0) is 30.4 Å². The Bertz CT molecular complexity index is 505. The van der Waals surface area contributed by atoms with Gasteiger partial charge in [0.2, 0.25) is 0 Å². The van der Waals surface area contributed by atoms with E-state index < -0.39 is 6.10 Å². The molecule has 0 amide bonds. The highest BCUT2D eigenvalue weighted by Gasteiger charge is 2.33. The van der Waals surface area contributed by atoms with Gasteiger partial charge in [-0.25, -0.2) is 0 Å². The molecule has 2 heterocycles. The average Bonchev–Trinajstić information content (AvgIpc) is 3.07. The molecular formula is C15H24ClN3OS. The molecule has 0 spiro atoms. The molecule has 0 saturated carbocycles. The molecule has 0 bridgehead atoms. The van der Waals surface area contributed by atoms with Crippen molar-refractivity contribution >= 4 is 28.9 Å². The Morgan fingerprint density at radius 3 is 2.90 bits per heavy atom. The Balaban J connectivity index is 1.89. The quantitative estimate of drug-likeness (QED) is 0.659. The highest BCUT2D eigenvalue weighted by atomic mass is 35.5. The van der Waals surface area contributed by atoms with Crippen molar-refractivity contribution in [2.24, 2.45) is 10.4 Å². The van der Waals surface area contributed by atoms with Crippen molar-refractivity contribution in [1.29, 1.82) is 0 Å². The molecule has 2 unspecified atom stereocenters. The van der Waals surface area contributed by atoms with Crippen molar-refractivity contribution in [1.82, 2.24) is 10.2 Å². The van der Waals surface area contributed by atoms with Gasteiger partial charge in [-0.2, -0.15) is 0 Å². The standard InChI is InChI=1S/C15H24ClN3OS/c1-4-15(2)7-8-19(10-15)14(17-3)18-9-11(20)12-5-6-13(16)21-12/h5-6,11,20H,4,7-10H2,1-3H3,(H,17,18). The van der Waals surface area contributed by atoms with Crippen molar-refractivity contribution in [2.45, 2.75) is 32.8 Å². The zero-order valence-electron chi connectivity index (χ0n) is 12.9. The predicted molar refractivity (Wildman–Crippen MR) is 90.2 cm³/mol. The number of aliphatic hydroxyl groups excluding tert-OH is 1. The van der Waals surface area contributed by atoms with Gasteiger partial charge in [-0.15, -0.1) is 11.3 Å². The molecule has 0 radical (unpaired) electrons. The van der Waals surface area contributed by atoms with Crippen molar-refractivity contribution < 1.29 is 5.11 Å². The maximum atomic E-state index is 10.2. The summed E-state index contributed by atoms with van der Waals surface area (Å²) >= 11 is 7.31. The number of hydrogen-bond acceptors (Lipinski definition) is 3. The molecule has 0 aliphatic carbocycles. The highest BCUT2D eigenvalue weighted by Crippen LogP contribution is 2.33. The fourth-order valence-corrected chi connectivity index (χ4v) is 3.67. The normalized spacial score (nSPS) is 24.4. The molecule has 1 aliphatic rings. The number of hydrogen-bond donors (Lipinski definition) is 2.